The largest absolute Gasteiger partial charge is 0.300 e. The van der Waals surface area contributed by atoms with Crippen LogP contribution in [0.25, 0.3) is 0 Å². The van der Waals surface area contributed by atoms with Crippen molar-refractivity contribution in [3.05, 3.63) is 0 Å². The highest BCUT2D eigenvalue weighted by atomic mass is 15.2. The topological polar surface area (TPSA) is 27.0 Å². The molecule has 0 spiro atoms. The number of nitrogens with zero attached hydrogens (tertiary/aromatic N) is 2. The molecule has 11 heavy (non-hydrogen) atoms. The maximum absolute atomic E-state index is 8.71. The molecule has 0 unspecified atom stereocenters. The van der Waals surface area contributed by atoms with Gasteiger partial charge in [0, 0.05) is 13.1 Å². The first-order chi connectivity index (χ1) is 5.20. The number of likely N-dealkylation sites (tertiary alicyclic amines) is 1. The van der Waals surface area contributed by atoms with Crippen LogP contribution in [0, 0.1) is 16.7 Å². The summed E-state index contributed by atoms with van der Waals surface area (Å²) in [6.45, 7) is 7.36. The number of unbranched alkanes of at least 4 members (excludes halogenated alkanes) is 1. The normalized spacial score (nSPS) is 22.3. The Kier molecular flexibility index (Phi) is 2.51. The minimum absolute atomic E-state index is 0.0340. The first-order valence-electron chi connectivity index (χ1n) is 4.34. The van der Waals surface area contributed by atoms with Crippen molar-refractivity contribution in [2.45, 2.75) is 26.7 Å². The van der Waals surface area contributed by atoms with E-state index in [2.05, 4.69) is 17.9 Å². The van der Waals surface area contributed by atoms with Gasteiger partial charge >= 0.3 is 0 Å². The van der Waals surface area contributed by atoms with Crippen molar-refractivity contribution in [3.8, 4) is 6.07 Å². The van der Waals surface area contributed by atoms with Crippen molar-refractivity contribution in [2.24, 2.45) is 5.41 Å². The Hall–Kier alpha value is -0.550. The van der Waals surface area contributed by atoms with E-state index in [9.17, 15) is 0 Å². The Morgan fingerprint density at radius 1 is 1.55 bits per heavy atom. The van der Waals surface area contributed by atoms with E-state index in [4.69, 9.17) is 5.26 Å². The molecule has 1 fully saturated rings. The van der Waals surface area contributed by atoms with Crippen LogP contribution >= 0.6 is 0 Å². The van der Waals surface area contributed by atoms with Crippen LogP contribution in [-0.4, -0.2) is 24.5 Å². The molecule has 2 heteroatoms. The molecule has 2 nitrogen and oxygen atoms in total. The molecule has 0 aromatic carbocycles. The molecule has 1 heterocycles. The third-order valence-corrected chi connectivity index (χ3v) is 2.24. The SMILES string of the molecule is CCCCN1CC(C)(C#N)C1. The average molecular weight is 152 g/mol. The van der Waals surface area contributed by atoms with Gasteiger partial charge in [0.25, 0.3) is 0 Å². The van der Waals surface area contributed by atoms with E-state index in [1.807, 2.05) is 6.92 Å². The lowest BCUT2D eigenvalue weighted by molar-refractivity contribution is 0.0594. The zero-order chi connectivity index (χ0) is 8.32. The van der Waals surface area contributed by atoms with Crippen LogP contribution in [0.2, 0.25) is 0 Å². The van der Waals surface area contributed by atoms with Gasteiger partial charge in [-0.15, -0.1) is 0 Å². The van der Waals surface area contributed by atoms with Crippen LogP contribution in [-0.2, 0) is 0 Å². The Balaban J connectivity index is 2.15. The number of rotatable bonds is 3. The molecule has 0 amide bonds. The molecule has 62 valence electrons. The van der Waals surface area contributed by atoms with Gasteiger partial charge in [-0.25, -0.2) is 0 Å². The van der Waals surface area contributed by atoms with E-state index in [0.29, 0.717) is 0 Å². The molecule has 0 aromatic heterocycles. The molecule has 0 aliphatic carbocycles. The highest BCUT2D eigenvalue weighted by Crippen LogP contribution is 2.28. The fourth-order valence-electron chi connectivity index (χ4n) is 1.55. The Morgan fingerprint density at radius 3 is 2.64 bits per heavy atom. The maximum atomic E-state index is 8.71. The van der Waals surface area contributed by atoms with Gasteiger partial charge in [-0.3, -0.25) is 0 Å². The molecule has 1 saturated heterocycles. The van der Waals surface area contributed by atoms with E-state index in [0.717, 1.165) is 13.1 Å². The first kappa shape index (κ1) is 8.55. The molecular formula is C9H16N2. The van der Waals surface area contributed by atoms with Crippen molar-refractivity contribution < 1.29 is 0 Å². The van der Waals surface area contributed by atoms with Crippen LogP contribution < -0.4 is 0 Å². The third-order valence-electron chi connectivity index (χ3n) is 2.24. The molecule has 1 aliphatic rings. The minimum atomic E-state index is -0.0340. The summed E-state index contributed by atoms with van der Waals surface area (Å²) in [4.78, 5) is 2.35. The number of nitriles is 1. The van der Waals surface area contributed by atoms with Gasteiger partial charge in [-0.1, -0.05) is 13.3 Å². The predicted molar refractivity (Wildman–Crippen MR) is 45.1 cm³/mol. The van der Waals surface area contributed by atoms with Crippen molar-refractivity contribution in [1.82, 2.24) is 4.90 Å². The van der Waals surface area contributed by atoms with Crippen LogP contribution in [0.3, 0.4) is 0 Å². The second-order valence-electron chi connectivity index (χ2n) is 3.74. The molecule has 0 bridgehead atoms. The van der Waals surface area contributed by atoms with Crippen molar-refractivity contribution in [2.75, 3.05) is 19.6 Å². The van der Waals surface area contributed by atoms with Gasteiger partial charge in [0.1, 0.15) is 0 Å². The summed E-state index contributed by atoms with van der Waals surface area (Å²) in [5.74, 6) is 0. The lowest BCUT2D eigenvalue weighted by Crippen LogP contribution is -2.53. The number of hydrogen-bond acceptors (Lipinski definition) is 2. The first-order valence-corrected chi connectivity index (χ1v) is 4.34. The van der Waals surface area contributed by atoms with Crippen LogP contribution in [0.15, 0.2) is 0 Å². The van der Waals surface area contributed by atoms with Gasteiger partial charge in [0.05, 0.1) is 11.5 Å². The highest BCUT2D eigenvalue weighted by molar-refractivity contribution is 5.06. The third kappa shape index (κ3) is 1.94. The van der Waals surface area contributed by atoms with E-state index in [1.54, 1.807) is 0 Å². The van der Waals surface area contributed by atoms with Crippen LogP contribution in [0.4, 0.5) is 0 Å². The zero-order valence-electron chi connectivity index (χ0n) is 7.43. The summed E-state index contributed by atoms with van der Waals surface area (Å²) in [7, 11) is 0. The standard InChI is InChI=1S/C9H16N2/c1-3-4-5-11-7-9(2,6-10)8-11/h3-5,7-8H2,1-2H3. The average Bonchev–Trinajstić information content (AvgIpc) is 1.96. The van der Waals surface area contributed by atoms with E-state index in [-0.39, 0.29) is 5.41 Å². The quantitative estimate of drug-likeness (QED) is 0.614. The monoisotopic (exact) mass is 152 g/mol. The van der Waals surface area contributed by atoms with Gasteiger partial charge in [0.2, 0.25) is 0 Å². The molecule has 1 aliphatic heterocycles. The van der Waals surface area contributed by atoms with Gasteiger partial charge < -0.3 is 4.90 Å². The summed E-state index contributed by atoms with van der Waals surface area (Å²) in [5.41, 5.74) is -0.0340. The fraction of sp³-hybridized carbons (Fsp3) is 0.889. The van der Waals surface area contributed by atoms with E-state index >= 15 is 0 Å². The van der Waals surface area contributed by atoms with Gasteiger partial charge in [-0.2, -0.15) is 5.26 Å². The second-order valence-corrected chi connectivity index (χ2v) is 3.74. The van der Waals surface area contributed by atoms with Crippen molar-refractivity contribution in [3.63, 3.8) is 0 Å². The summed E-state index contributed by atoms with van der Waals surface area (Å²) in [6, 6.07) is 2.34. The maximum Gasteiger partial charge on any atom is 0.0799 e. The molecule has 0 atom stereocenters. The Bertz CT molecular complexity index is 163. The summed E-state index contributed by atoms with van der Waals surface area (Å²) >= 11 is 0. The molecule has 0 N–H and O–H groups in total. The molecule has 0 radical (unpaired) electrons. The van der Waals surface area contributed by atoms with Gasteiger partial charge in [-0.05, 0) is 19.9 Å². The summed E-state index contributed by atoms with van der Waals surface area (Å²) in [5, 5.41) is 8.71. The van der Waals surface area contributed by atoms with E-state index < -0.39 is 0 Å². The van der Waals surface area contributed by atoms with Crippen molar-refractivity contribution in [1.29, 1.82) is 5.26 Å². The minimum Gasteiger partial charge on any atom is -0.300 e. The van der Waals surface area contributed by atoms with Gasteiger partial charge in [0.15, 0.2) is 0 Å². The van der Waals surface area contributed by atoms with E-state index in [1.165, 1.54) is 19.4 Å². The highest BCUT2D eigenvalue weighted by Gasteiger charge is 2.37. The summed E-state index contributed by atoms with van der Waals surface area (Å²) in [6.07, 6.45) is 2.52. The lowest BCUT2D eigenvalue weighted by atomic mass is 9.84. The summed E-state index contributed by atoms with van der Waals surface area (Å²) < 4.78 is 0. The number of hydrogen-bond donors (Lipinski definition) is 0. The zero-order valence-corrected chi connectivity index (χ0v) is 7.43. The smallest absolute Gasteiger partial charge is 0.0799 e. The van der Waals surface area contributed by atoms with Crippen LogP contribution in [0.1, 0.15) is 26.7 Å². The fourth-order valence-corrected chi connectivity index (χ4v) is 1.55. The Labute approximate surface area is 68.8 Å². The molecular weight excluding hydrogens is 136 g/mol. The molecule has 1 rings (SSSR count). The lowest BCUT2D eigenvalue weighted by Gasteiger charge is -2.43. The molecule has 0 aromatic rings. The van der Waals surface area contributed by atoms with Crippen molar-refractivity contribution >= 4 is 0 Å². The Morgan fingerprint density at radius 2 is 2.18 bits per heavy atom. The predicted octanol–water partition coefficient (Wildman–Crippen LogP) is 1.63. The second kappa shape index (κ2) is 3.23. The van der Waals surface area contributed by atoms with Crippen LogP contribution in [0.5, 0.6) is 0 Å². The molecule has 0 saturated carbocycles.